The first-order chi connectivity index (χ1) is 16.2. The van der Waals surface area contributed by atoms with Crippen molar-refractivity contribution in [1.82, 2.24) is 19.1 Å². The molecule has 1 aromatic carbocycles. The lowest BCUT2D eigenvalue weighted by Crippen LogP contribution is -2.18. The van der Waals surface area contributed by atoms with Crippen molar-refractivity contribution in [3.8, 4) is 23.0 Å². The van der Waals surface area contributed by atoms with Crippen LogP contribution in [0.25, 0.3) is 22.2 Å². The molecule has 0 atom stereocenters. The van der Waals surface area contributed by atoms with Crippen LogP contribution in [0.15, 0.2) is 53.6 Å². The van der Waals surface area contributed by atoms with Gasteiger partial charge in [0.15, 0.2) is 11.6 Å². The minimum absolute atomic E-state index is 0.0237. The van der Waals surface area contributed by atoms with Crippen molar-refractivity contribution in [2.45, 2.75) is 19.8 Å². The predicted octanol–water partition coefficient (Wildman–Crippen LogP) is 3.81. The van der Waals surface area contributed by atoms with Gasteiger partial charge in [0, 0.05) is 49.6 Å². The average molecular weight is 486 g/mol. The molecular formula is C23H24FN5O4S. The number of ether oxygens (including phenoxy) is 1. The second-order valence-corrected chi connectivity index (χ2v) is 9.75. The lowest BCUT2D eigenvalue weighted by atomic mass is 10.2. The Morgan fingerprint density at radius 3 is 2.62 bits per heavy atom. The van der Waals surface area contributed by atoms with Crippen molar-refractivity contribution >= 4 is 26.7 Å². The molecule has 3 aromatic heterocycles. The summed E-state index contributed by atoms with van der Waals surface area (Å²) in [5.41, 5.74) is 1.11. The van der Waals surface area contributed by atoms with Crippen LogP contribution in [0, 0.1) is 5.82 Å². The van der Waals surface area contributed by atoms with Gasteiger partial charge in [0.05, 0.1) is 17.0 Å². The molecule has 178 valence electrons. The number of pyridine rings is 1. The van der Waals surface area contributed by atoms with Gasteiger partial charge in [-0.05, 0) is 30.7 Å². The highest BCUT2D eigenvalue weighted by molar-refractivity contribution is 7.92. The Hall–Kier alpha value is -3.73. The van der Waals surface area contributed by atoms with Crippen molar-refractivity contribution in [2.75, 3.05) is 10.5 Å². The Morgan fingerprint density at radius 2 is 1.88 bits per heavy atom. The predicted molar refractivity (Wildman–Crippen MR) is 128 cm³/mol. The maximum Gasteiger partial charge on any atom is 0.324 e. The monoisotopic (exact) mass is 485 g/mol. The van der Waals surface area contributed by atoms with E-state index in [1.54, 1.807) is 43.2 Å². The van der Waals surface area contributed by atoms with Crippen LogP contribution in [0.4, 0.5) is 10.2 Å². The SMILES string of the molecule is CCCCS(=O)(=O)Nc1cc(-c2ccc(=O)n(C)c2)nc(Oc2c(F)ccc3ccn(C)c23)n1. The quantitative estimate of drug-likeness (QED) is 0.407. The number of aromatic nitrogens is 4. The first kappa shape index (κ1) is 23.4. The molecule has 0 unspecified atom stereocenters. The smallest absolute Gasteiger partial charge is 0.324 e. The van der Waals surface area contributed by atoms with E-state index in [1.807, 2.05) is 13.0 Å². The van der Waals surface area contributed by atoms with Gasteiger partial charge in [-0.3, -0.25) is 9.52 Å². The lowest BCUT2D eigenvalue weighted by Gasteiger charge is -2.13. The van der Waals surface area contributed by atoms with Crippen LogP contribution in [0.2, 0.25) is 0 Å². The Kier molecular flexibility index (Phi) is 6.38. The number of benzene rings is 1. The van der Waals surface area contributed by atoms with Gasteiger partial charge in [0.25, 0.3) is 0 Å². The molecule has 0 bridgehead atoms. The molecule has 4 aromatic rings. The second kappa shape index (κ2) is 9.26. The number of hydrogen-bond acceptors (Lipinski definition) is 6. The van der Waals surface area contributed by atoms with Gasteiger partial charge < -0.3 is 13.9 Å². The Morgan fingerprint density at radius 1 is 1.09 bits per heavy atom. The first-order valence-corrected chi connectivity index (χ1v) is 12.3. The van der Waals surface area contributed by atoms with Gasteiger partial charge in [-0.1, -0.05) is 13.3 Å². The highest BCUT2D eigenvalue weighted by atomic mass is 32.2. The number of nitrogens with one attached hydrogen (secondary N) is 1. The highest BCUT2D eigenvalue weighted by Gasteiger charge is 2.18. The van der Waals surface area contributed by atoms with Gasteiger partial charge in [-0.25, -0.2) is 12.8 Å². The molecule has 0 saturated carbocycles. The van der Waals surface area contributed by atoms with Crippen molar-refractivity contribution in [2.24, 2.45) is 14.1 Å². The summed E-state index contributed by atoms with van der Waals surface area (Å²) >= 11 is 0. The Labute approximate surface area is 195 Å². The van der Waals surface area contributed by atoms with Crippen LogP contribution >= 0.6 is 0 Å². The van der Waals surface area contributed by atoms with Gasteiger partial charge in [0.2, 0.25) is 15.6 Å². The molecule has 0 aliphatic heterocycles. The molecule has 3 heterocycles. The number of hydrogen-bond donors (Lipinski definition) is 1. The summed E-state index contributed by atoms with van der Waals surface area (Å²) in [4.78, 5) is 20.3. The topological polar surface area (TPSA) is 108 Å². The number of anilines is 1. The van der Waals surface area contributed by atoms with Crippen LogP contribution < -0.4 is 15.0 Å². The van der Waals surface area contributed by atoms with Crippen molar-refractivity contribution < 1.29 is 17.5 Å². The number of halogens is 1. The maximum atomic E-state index is 14.8. The van der Waals surface area contributed by atoms with Crippen LogP contribution in [0.3, 0.4) is 0 Å². The molecule has 34 heavy (non-hydrogen) atoms. The fourth-order valence-corrected chi connectivity index (χ4v) is 4.67. The zero-order chi connectivity index (χ0) is 24.5. The largest absolute Gasteiger partial charge is 0.419 e. The molecule has 1 N–H and O–H groups in total. The number of unbranched alkanes of at least 4 members (excludes halogenated alkanes) is 1. The number of fused-ring (bicyclic) bond motifs is 1. The average Bonchev–Trinajstić information content (AvgIpc) is 3.16. The highest BCUT2D eigenvalue weighted by Crippen LogP contribution is 2.33. The third-order valence-corrected chi connectivity index (χ3v) is 6.60. The number of sulfonamides is 1. The molecule has 0 saturated heterocycles. The van der Waals surface area contributed by atoms with E-state index in [1.165, 1.54) is 22.8 Å². The Balaban J connectivity index is 1.82. The summed E-state index contributed by atoms with van der Waals surface area (Å²) in [6.07, 6.45) is 4.52. The number of nitrogens with zero attached hydrogens (tertiary/aromatic N) is 4. The van der Waals surface area contributed by atoms with E-state index in [2.05, 4.69) is 14.7 Å². The molecule has 0 radical (unpaired) electrons. The normalized spacial score (nSPS) is 11.6. The number of aryl methyl sites for hydroxylation is 2. The molecular weight excluding hydrogens is 461 g/mol. The Bertz CT molecular complexity index is 1530. The van der Waals surface area contributed by atoms with E-state index < -0.39 is 15.8 Å². The third-order valence-electron chi connectivity index (χ3n) is 5.25. The summed E-state index contributed by atoms with van der Waals surface area (Å²) in [7, 11) is -0.329. The van der Waals surface area contributed by atoms with E-state index in [-0.39, 0.29) is 28.9 Å². The summed E-state index contributed by atoms with van der Waals surface area (Å²) in [5, 5.41) is 0.758. The minimum Gasteiger partial charge on any atom is -0.419 e. The van der Waals surface area contributed by atoms with Crippen molar-refractivity contribution in [1.29, 1.82) is 0 Å². The van der Waals surface area contributed by atoms with Gasteiger partial charge in [-0.2, -0.15) is 9.97 Å². The van der Waals surface area contributed by atoms with Gasteiger partial charge >= 0.3 is 6.01 Å². The summed E-state index contributed by atoms with van der Waals surface area (Å²) in [6.45, 7) is 1.89. The second-order valence-electron chi connectivity index (χ2n) is 7.91. The summed E-state index contributed by atoms with van der Waals surface area (Å²) < 4.78 is 51.1. The van der Waals surface area contributed by atoms with E-state index in [0.29, 0.717) is 29.6 Å². The fourth-order valence-electron chi connectivity index (χ4n) is 3.48. The van der Waals surface area contributed by atoms with Crippen LogP contribution in [-0.2, 0) is 24.1 Å². The zero-order valence-electron chi connectivity index (χ0n) is 18.9. The van der Waals surface area contributed by atoms with E-state index >= 15 is 0 Å². The van der Waals surface area contributed by atoms with Crippen LogP contribution in [-0.4, -0.2) is 33.3 Å². The zero-order valence-corrected chi connectivity index (χ0v) is 19.8. The van der Waals surface area contributed by atoms with Crippen molar-refractivity contribution in [3.63, 3.8) is 0 Å². The standard InChI is InChI=1S/C23H24FN5O4S/c1-4-5-12-34(31,32)27-19-13-18(16-7-9-20(30)29(3)14-16)25-23(26-19)33-22-17(24)8-6-15-10-11-28(2)21(15)22/h6-11,13-14H,4-5,12H2,1-3H3,(H,25,26,27). The van der Waals surface area contributed by atoms with Crippen LogP contribution in [0.1, 0.15) is 19.8 Å². The molecule has 0 fully saturated rings. The number of rotatable bonds is 8. The molecule has 0 spiro atoms. The third kappa shape index (κ3) is 4.93. The maximum absolute atomic E-state index is 14.8. The minimum atomic E-state index is -3.67. The van der Waals surface area contributed by atoms with E-state index in [0.717, 1.165) is 5.39 Å². The summed E-state index contributed by atoms with van der Waals surface area (Å²) in [5.74, 6) is -0.793. The first-order valence-electron chi connectivity index (χ1n) is 10.6. The lowest BCUT2D eigenvalue weighted by molar-refractivity contribution is 0.415. The van der Waals surface area contributed by atoms with Gasteiger partial charge in [-0.15, -0.1) is 0 Å². The molecule has 0 aliphatic carbocycles. The molecule has 11 heteroatoms. The molecule has 9 nitrogen and oxygen atoms in total. The van der Waals surface area contributed by atoms with Crippen LogP contribution in [0.5, 0.6) is 11.8 Å². The summed E-state index contributed by atoms with van der Waals surface area (Å²) in [6, 6.07) is 8.85. The van der Waals surface area contributed by atoms with E-state index in [4.69, 9.17) is 4.74 Å². The molecule has 4 rings (SSSR count). The van der Waals surface area contributed by atoms with E-state index in [9.17, 15) is 17.6 Å². The molecule has 0 amide bonds. The fraction of sp³-hybridized carbons (Fsp3) is 0.261. The van der Waals surface area contributed by atoms with Crippen molar-refractivity contribution in [3.05, 3.63) is 65.0 Å². The van der Waals surface area contributed by atoms with Gasteiger partial charge in [0.1, 0.15) is 5.82 Å². The molecule has 0 aliphatic rings.